The molecule has 1 atom stereocenters. The lowest BCUT2D eigenvalue weighted by molar-refractivity contribution is 0.178. The topological polar surface area (TPSA) is 20.2 Å². The molecule has 0 bridgehead atoms. The van der Waals surface area contributed by atoms with Gasteiger partial charge in [0.15, 0.2) is 0 Å². The van der Waals surface area contributed by atoms with Gasteiger partial charge in [-0.2, -0.15) is 0 Å². The molecule has 2 rings (SSSR count). The first-order chi connectivity index (χ1) is 8.16. The molecular weight excluding hydrogens is 347 g/mol. The number of halogens is 2. The van der Waals surface area contributed by atoms with Crippen molar-refractivity contribution in [2.24, 2.45) is 0 Å². The van der Waals surface area contributed by atoms with Gasteiger partial charge in [0.1, 0.15) is 0 Å². The third-order valence-electron chi connectivity index (χ3n) is 2.60. The fraction of sp³-hybridized carbons (Fsp3) is 0.143. The highest BCUT2D eigenvalue weighted by Gasteiger charge is 2.10. The van der Waals surface area contributed by atoms with Crippen molar-refractivity contribution in [1.29, 1.82) is 0 Å². The molecule has 0 spiro atoms. The van der Waals surface area contributed by atoms with Crippen molar-refractivity contribution in [3.05, 3.63) is 68.3 Å². The molecule has 1 unspecified atom stereocenters. The van der Waals surface area contributed by atoms with Crippen LogP contribution in [0.4, 0.5) is 0 Å². The van der Waals surface area contributed by atoms with Crippen molar-refractivity contribution < 1.29 is 5.11 Å². The van der Waals surface area contributed by atoms with E-state index >= 15 is 0 Å². The van der Waals surface area contributed by atoms with Crippen molar-refractivity contribution in [1.82, 2.24) is 0 Å². The molecule has 0 saturated heterocycles. The van der Waals surface area contributed by atoms with Gasteiger partial charge in [-0.05, 0) is 51.9 Å². The zero-order valence-electron chi connectivity index (χ0n) is 9.11. The summed E-state index contributed by atoms with van der Waals surface area (Å²) in [6.45, 7) is 0. The lowest BCUT2D eigenvalue weighted by atomic mass is 10.0. The van der Waals surface area contributed by atoms with Crippen LogP contribution >= 0.6 is 34.2 Å². The van der Waals surface area contributed by atoms with Crippen LogP contribution in [0.3, 0.4) is 0 Å². The molecule has 0 aliphatic carbocycles. The van der Waals surface area contributed by atoms with Crippen LogP contribution in [0.15, 0.2) is 48.5 Å². The van der Waals surface area contributed by atoms with Gasteiger partial charge in [0.25, 0.3) is 0 Å². The van der Waals surface area contributed by atoms with Gasteiger partial charge in [-0.3, -0.25) is 0 Å². The third kappa shape index (κ3) is 3.44. The maximum absolute atomic E-state index is 10.2. The number of rotatable bonds is 3. The second kappa shape index (κ2) is 5.85. The Kier molecular flexibility index (Phi) is 4.42. The molecule has 0 aliphatic heterocycles. The summed E-state index contributed by atoms with van der Waals surface area (Å²) >= 11 is 8.31. The Morgan fingerprint density at radius 3 is 2.59 bits per heavy atom. The van der Waals surface area contributed by atoms with Crippen molar-refractivity contribution in [2.45, 2.75) is 12.5 Å². The van der Waals surface area contributed by atoms with Gasteiger partial charge in [-0.15, -0.1) is 0 Å². The minimum atomic E-state index is -0.510. The monoisotopic (exact) mass is 358 g/mol. The zero-order chi connectivity index (χ0) is 12.3. The lowest BCUT2D eigenvalue weighted by Gasteiger charge is -2.12. The summed E-state index contributed by atoms with van der Waals surface area (Å²) < 4.78 is 1.12. The van der Waals surface area contributed by atoms with E-state index in [2.05, 4.69) is 22.6 Å². The lowest BCUT2D eigenvalue weighted by Crippen LogP contribution is -2.02. The number of hydrogen-bond acceptors (Lipinski definition) is 1. The summed E-state index contributed by atoms with van der Waals surface area (Å²) in [5.74, 6) is 0. The van der Waals surface area contributed by atoms with Crippen LogP contribution in [0, 0.1) is 3.57 Å². The van der Waals surface area contributed by atoms with Gasteiger partial charge in [0.05, 0.1) is 6.10 Å². The van der Waals surface area contributed by atoms with E-state index < -0.39 is 6.10 Å². The predicted molar refractivity (Wildman–Crippen MR) is 79.3 cm³/mol. The first kappa shape index (κ1) is 12.9. The minimum absolute atomic E-state index is 0.510. The Hall–Kier alpha value is -0.580. The number of benzene rings is 2. The van der Waals surface area contributed by atoms with Gasteiger partial charge in [-0.1, -0.05) is 41.9 Å². The molecule has 0 fully saturated rings. The highest BCUT2D eigenvalue weighted by Crippen LogP contribution is 2.24. The third-order valence-corrected chi connectivity index (χ3v) is 3.64. The molecule has 0 aromatic heterocycles. The van der Waals surface area contributed by atoms with Crippen LogP contribution in [0.2, 0.25) is 5.02 Å². The van der Waals surface area contributed by atoms with Crippen molar-refractivity contribution in [3.63, 3.8) is 0 Å². The Bertz CT molecular complexity index is 513. The van der Waals surface area contributed by atoms with Gasteiger partial charge in [0, 0.05) is 15.0 Å². The van der Waals surface area contributed by atoms with Crippen molar-refractivity contribution in [3.8, 4) is 0 Å². The van der Waals surface area contributed by atoms with Gasteiger partial charge < -0.3 is 5.11 Å². The standard InChI is InChI=1S/C14H12ClIO/c15-13-7-2-1-4-10(13)9-14(17)11-5-3-6-12(16)8-11/h1-8,14,17H,9H2. The predicted octanol–water partition coefficient (Wildman–Crippen LogP) is 4.22. The van der Waals surface area contributed by atoms with Crippen molar-refractivity contribution >= 4 is 34.2 Å². The quantitative estimate of drug-likeness (QED) is 0.815. The number of hydrogen-bond donors (Lipinski definition) is 1. The molecule has 17 heavy (non-hydrogen) atoms. The summed E-state index contributed by atoms with van der Waals surface area (Å²) in [5.41, 5.74) is 1.90. The Morgan fingerprint density at radius 2 is 1.88 bits per heavy atom. The Labute approximate surface area is 120 Å². The van der Waals surface area contributed by atoms with Gasteiger partial charge >= 0.3 is 0 Å². The number of aliphatic hydroxyl groups is 1. The molecule has 1 N–H and O–H groups in total. The van der Waals surface area contributed by atoms with Crippen LogP contribution < -0.4 is 0 Å². The average molecular weight is 359 g/mol. The van der Waals surface area contributed by atoms with Crippen LogP contribution in [0.25, 0.3) is 0 Å². The van der Waals surface area contributed by atoms with E-state index in [1.165, 1.54) is 0 Å². The summed E-state index contributed by atoms with van der Waals surface area (Å²) in [6, 6.07) is 15.5. The normalized spacial score (nSPS) is 12.4. The second-order valence-corrected chi connectivity index (χ2v) is 5.52. The molecule has 0 saturated carbocycles. The van der Waals surface area contributed by atoms with Gasteiger partial charge in [-0.25, -0.2) is 0 Å². The van der Waals surface area contributed by atoms with Crippen LogP contribution in [-0.2, 0) is 6.42 Å². The molecule has 3 heteroatoms. The van der Waals surface area contributed by atoms with Gasteiger partial charge in [0.2, 0.25) is 0 Å². The molecule has 0 heterocycles. The fourth-order valence-corrected chi connectivity index (χ4v) is 2.48. The molecule has 88 valence electrons. The molecule has 2 aromatic rings. The summed E-state index contributed by atoms with van der Waals surface area (Å²) in [6.07, 6.45) is 0.0318. The van der Waals surface area contributed by atoms with E-state index in [-0.39, 0.29) is 0 Å². The Morgan fingerprint density at radius 1 is 1.12 bits per heavy atom. The number of aliphatic hydroxyl groups excluding tert-OH is 1. The highest BCUT2D eigenvalue weighted by molar-refractivity contribution is 14.1. The van der Waals surface area contributed by atoms with Crippen molar-refractivity contribution in [2.75, 3.05) is 0 Å². The van der Waals surface area contributed by atoms with Crippen LogP contribution in [-0.4, -0.2) is 5.11 Å². The fourth-order valence-electron chi connectivity index (χ4n) is 1.70. The Balaban J connectivity index is 2.17. The molecule has 0 radical (unpaired) electrons. The van der Waals surface area contributed by atoms with E-state index in [0.717, 1.165) is 14.7 Å². The van der Waals surface area contributed by atoms with Crippen LogP contribution in [0.5, 0.6) is 0 Å². The van der Waals surface area contributed by atoms with E-state index in [1.54, 1.807) is 0 Å². The smallest absolute Gasteiger partial charge is 0.0831 e. The van der Waals surface area contributed by atoms with E-state index in [1.807, 2.05) is 48.5 Å². The average Bonchev–Trinajstić information content (AvgIpc) is 2.32. The van der Waals surface area contributed by atoms with Crippen LogP contribution in [0.1, 0.15) is 17.2 Å². The second-order valence-electron chi connectivity index (χ2n) is 3.87. The minimum Gasteiger partial charge on any atom is -0.388 e. The molecule has 0 amide bonds. The van der Waals surface area contributed by atoms with E-state index in [9.17, 15) is 5.11 Å². The summed E-state index contributed by atoms with van der Waals surface area (Å²) in [4.78, 5) is 0. The van der Waals surface area contributed by atoms with E-state index in [0.29, 0.717) is 11.4 Å². The maximum atomic E-state index is 10.2. The first-order valence-electron chi connectivity index (χ1n) is 5.34. The molecule has 2 aromatic carbocycles. The molecular formula is C14H12ClIO. The summed E-state index contributed by atoms with van der Waals surface area (Å²) in [7, 11) is 0. The zero-order valence-corrected chi connectivity index (χ0v) is 12.0. The highest BCUT2D eigenvalue weighted by atomic mass is 127. The van der Waals surface area contributed by atoms with E-state index in [4.69, 9.17) is 11.6 Å². The maximum Gasteiger partial charge on any atom is 0.0831 e. The molecule has 1 nitrogen and oxygen atoms in total. The first-order valence-corrected chi connectivity index (χ1v) is 6.79. The molecule has 0 aliphatic rings. The SMILES string of the molecule is OC(Cc1ccccc1Cl)c1cccc(I)c1. The summed E-state index contributed by atoms with van der Waals surface area (Å²) in [5, 5.41) is 10.9. The largest absolute Gasteiger partial charge is 0.388 e.